The standard InChI is InChI=1S/C19H22ClN7O/c1-23-10-15(18(20)22)19(28)26-13-7-5-12(6-8-13)24-16-3-2-4-17-25-14(9-21)11-27(16)17/h2-4,10-13,22-24H,5-8H2,1H3,(H,26,28)/b15-10+,22-18?. The number of nitrogens with one attached hydrogen (secondary N) is 4. The van der Waals surface area contributed by atoms with Crippen LogP contribution in [0.4, 0.5) is 5.82 Å². The van der Waals surface area contributed by atoms with Crippen molar-refractivity contribution in [1.29, 1.82) is 10.7 Å². The number of pyridine rings is 1. The molecular weight excluding hydrogens is 378 g/mol. The highest BCUT2D eigenvalue weighted by atomic mass is 35.5. The van der Waals surface area contributed by atoms with Crippen LogP contribution in [0.1, 0.15) is 31.4 Å². The van der Waals surface area contributed by atoms with Gasteiger partial charge in [-0.3, -0.25) is 14.6 Å². The largest absolute Gasteiger partial charge is 0.393 e. The molecule has 146 valence electrons. The summed E-state index contributed by atoms with van der Waals surface area (Å²) in [7, 11) is 1.66. The first-order chi connectivity index (χ1) is 13.5. The summed E-state index contributed by atoms with van der Waals surface area (Å²) in [5.41, 5.74) is 1.25. The molecule has 0 spiro atoms. The van der Waals surface area contributed by atoms with E-state index >= 15 is 0 Å². The monoisotopic (exact) mass is 399 g/mol. The van der Waals surface area contributed by atoms with Gasteiger partial charge in [-0.1, -0.05) is 17.7 Å². The van der Waals surface area contributed by atoms with Crippen LogP contribution in [0.5, 0.6) is 0 Å². The molecule has 0 saturated heterocycles. The van der Waals surface area contributed by atoms with Crippen LogP contribution in [0.15, 0.2) is 36.2 Å². The zero-order chi connectivity index (χ0) is 20.1. The zero-order valence-electron chi connectivity index (χ0n) is 15.5. The van der Waals surface area contributed by atoms with Crippen molar-refractivity contribution >= 4 is 34.1 Å². The van der Waals surface area contributed by atoms with Crippen LogP contribution in [0.25, 0.3) is 5.65 Å². The van der Waals surface area contributed by atoms with Crippen LogP contribution in [-0.2, 0) is 4.79 Å². The van der Waals surface area contributed by atoms with Gasteiger partial charge in [-0.15, -0.1) is 0 Å². The van der Waals surface area contributed by atoms with Gasteiger partial charge in [-0.25, -0.2) is 4.98 Å². The van der Waals surface area contributed by atoms with Gasteiger partial charge in [0.2, 0.25) is 0 Å². The van der Waals surface area contributed by atoms with E-state index in [9.17, 15) is 4.79 Å². The molecule has 4 N–H and O–H groups in total. The van der Waals surface area contributed by atoms with Crippen LogP contribution < -0.4 is 16.0 Å². The first-order valence-corrected chi connectivity index (χ1v) is 9.47. The van der Waals surface area contributed by atoms with Gasteiger partial charge < -0.3 is 16.0 Å². The van der Waals surface area contributed by atoms with Crippen molar-refractivity contribution < 1.29 is 4.79 Å². The maximum Gasteiger partial charge on any atom is 0.256 e. The molecule has 8 nitrogen and oxygen atoms in total. The second kappa shape index (κ2) is 8.76. The highest BCUT2D eigenvalue weighted by Gasteiger charge is 2.24. The lowest BCUT2D eigenvalue weighted by Crippen LogP contribution is -2.41. The summed E-state index contributed by atoms with van der Waals surface area (Å²) < 4.78 is 1.88. The van der Waals surface area contributed by atoms with Gasteiger partial charge in [0.15, 0.2) is 5.69 Å². The van der Waals surface area contributed by atoms with E-state index in [0.717, 1.165) is 37.1 Å². The fourth-order valence-corrected chi connectivity index (χ4v) is 3.55. The predicted molar refractivity (Wildman–Crippen MR) is 108 cm³/mol. The third-order valence-electron chi connectivity index (χ3n) is 4.79. The minimum absolute atomic E-state index is 0.0519. The Morgan fingerprint density at radius 2 is 2.07 bits per heavy atom. The number of hydrogen-bond donors (Lipinski definition) is 4. The number of aromatic nitrogens is 2. The van der Waals surface area contributed by atoms with Gasteiger partial charge in [0.25, 0.3) is 5.91 Å². The van der Waals surface area contributed by atoms with Crippen molar-refractivity contribution in [2.24, 2.45) is 0 Å². The fraction of sp³-hybridized carbons (Fsp3) is 0.368. The number of anilines is 1. The van der Waals surface area contributed by atoms with Crippen molar-refractivity contribution in [3.63, 3.8) is 0 Å². The molecule has 1 fully saturated rings. The summed E-state index contributed by atoms with van der Waals surface area (Å²) in [5.74, 6) is 0.562. The average molecular weight is 400 g/mol. The molecule has 1 amide bonds. The first-order valence-electron chi connectivity index (χ1n) is 9.09. The second-order valence-electron chi connectivity index (χ2n) is 6.70. The first kappa shape index (κ1) is 19.7. The van der Waals surface area contributed by atoms with E-state index in [1.165, 1.54) is 6.20 Å². The number of carbonyl (C=O) groups excluding carboxylic acids is 1. The van der Waals surface area contributed by atoms with Gasteiger partial charge in [-0.05, 0) is 37.8 Å². The summed E-state index contributed by atoms with van der Waals surface area (Å²) in [6.07, 6.45) is 6.60. The quantitative estimate of drug-likeness (QED) is 0.439. The Morgan fingerprint density at radius 1 is 1.36 bits per heavy atom. The number of rotatable bonds is 6. The van der Waals surface area contributed by atoms with E-state index in [-0.39, 0.29) is 28.7 Å². The molecule has 2 aromatic heterocycles. The van der Waals surface area contributed by atoms with Crippen molar-refractivity contribution in [1.82, 2.24) is 20.0 Å². The van der Waals surface area contributed by atoms with Crippen molar-refractivity contribution in [3.05, 3.63) is 41.9 Å². The number of fused-ring (bicyclic) bond motifs is 1. The van der Waals surface area contributed by atoms with E-state index in [1.54, 1.807) is 13.2 Å². The minimum atomic E-state index is -0.335. The Morgan fingerprint density at radius 3 is 2.71 bits per heavy atom. The lowest BCUT2D eigenvalue weighted by atomic mass is 9.91. The fourth-order valence-electron chi connectivity index (χ4n) is 3.41. The van der Waals surface area contributed by atoms with Crippen LogP contribution >= 0.6 is 11.6 Å². The third-order valence-corrected chi connectivity index (χ3v) is 4.99. The highest BCUT2D eigenvalue weighted by molar-refractivity contribution is 6.71. The summed E-state index contributed by atoms with van der Waals surface area (Å²) in [4.78, 5) is 16.5. The lowest BCUT2D eigenvalue weighted by molar-refractivity contribution is -0.117. The van der Waals surface area contributed by atoms with Gasteiger partial charge in [0.1, 0.15) is 22.7 Å². The smallest absolute Gasteiger partial charge is 0.256 e. The molecule has 0 radical (unpaired) electrons. The topological polar surface area (TPSA) is 118 Å². The van der Waals surface area contributed by atoms with Crippen LogP contribution in [0.3, 0.4) is 0 Å². The Bertz CT molecular complexity index is 951. The maximum atomic E-state index is 12.3. The Kier molecular flexibility index (Phi) is 6.16. The van der Waals surface area contributed by atoms with Crippen molar-refractivity contribution in [2.75, 3.05) is 12.4 Å². The van der Waals surface area contributed by atoms with Crippen LogP contribution in [-0.4, -0.2) is 39.6 Å². The molecule has 0 aliphatic heterocycles. The average Bonchev–Trinajstić information content (AvgIpc) is 3.11. The maximum absolute atomic E-state index is 12.3. The Hall–Kier alpha value is -3.05. The zero-order valence-corrected chi connectivity index (χ0v) is 16.3. The molecule has 3 rings (SSSR count). The van der Waals surface area contributed by atoms with E-state index < -0.39 is 0 Å². The molecule has 1 aliphatic carbocycles. The van der Waals surface area contributed by atoms with E-state index in [0.29, 0.717) is 5.69 Å². The number of halogens is 1. The highest BCUT2D eigenvalue weighted by Crippen LogP contribution is 2.23. The van der Waals surface area contributed by atoms with Gasteiger partial charge >= 0.3 is 0 Å². The predicted octanol–water partition coefficient (Wildman–Crippen LogP) is 2.36. The molecule has 2 heterocycles. The van der Waals surface area contributed by atoms with Gasteiger partial charge in [-0.2, -0.15) is 5.26 Å². The van der Waals surface area contributed by atoms with Gasteiger partial charge in [0, 0.05) is 31.5 Å². The molecular formula is C19H22ClN7O. The Balaban J connectivity index is 1.58. The van der Waals surface area contributed by atoms with Crippen LogP contribution in [0.2, 0.25) is 0 Å². The molecule has 9 heteroatoms. The number of carbonyl (C=O) groups is 1. The number of amides is 1. The summed E-state index contributed by atoms with van der Waals surface area (Å²) in [5, 5.41) is 25.5. The summed E-state index contributed by atoms with van der Waals surface area (Å²) >= 11 is 5.69. The van der Waals surface area contributed by atoms with E-state index in [4.69, 9.17) is 22.3 Å². The lowest BCUT2D eigenvalue weighted by Gasteiger charge is -2.30. The number of nitrogens with zero attached hydrogens (tertiary/aromatic N) is 3. The molecule has 0 aromatic carbocycles. The van der Waals surface area contributed by atoms with E-state index in [1.807, 2.05) is 22.6 Å². The summed E-state index contributed by atoms with van der Waals surface area (Å²) in [6, 6.07) is 8.12. The molecule has 1 aliphatic rings. The van der Waals surface area contributed by atoms with Gasteiger partial charge in [0.05, 0.1) is 5.57 Å². The van der Waals surface area contributed by atoms with Crippen molar-refractivity contribution in [3.8, 4) is 6.07 Å². The molecule has 0 bridgehead atoms. The van der Waals surface area contributed by atoms with Crippen molar-refractivity contribution in [2.45, 2.75) is 37.8 Å². The summed E-state index contributed by atoms with van der Waals surface area (Å²) in [6.45, 7) is 0. The molecule has 2 aromatic rings. The van der Waals surface area contributed by atoms with E-state index in [2.05, 4.69) is 27.0 Å². The molecule has 0 unspecified atom stereocenters. The Labute approximate surface area is 168 Å². The third kappa shape index (κ3) is 4.43. The number of nitriles is 1. The molecule has 28 heavy (non-hydrogen) atoms. The second-order valence-corrected chi connectivity index (χ2v) is 7.08. The SMILES string of the molecule is CN/C=C(\C(=N)Cl)C(=O)NC1CCC(Nc2cccc3nc(C#N)cn23)CC1. The van der Waals surface area contributed by atoms with Crippen LogP contribution in [0, 0.1) is 16.7 Å². The molecule has 1 saturated carbocycles. The minimum Gasteiger partial charge on any atom is -0.393 e. The number of imidazole rings is 1. The molecule has 0 atom stereocenters. The number of hydrogen-bond acceptors (Lipinski definition) is 6. The normalized spacial score (nSPS) is 19.7.